The van der Waals surface area contributed by atoms with Crippen molar-refractivity contribution >= 4 is 5.82 Å². The summed E-state index contributed by atoms with van der Waals surface area (Å²) in [6.07, 6.45) is 1.47. The highest BCUT2D eigenvalue weighted by atomic mass is 16.3. The van der Waals surface area contributed by atoms with Crippen LogP contribution in [0.25, 0.3) is 0 Å². The summed E-state index contributed by atoms with van der Waals surface area (Å²) in [6.45, 7) is 0. The summed E-state index contributed by atoms with van der Waals surface area (Å²) in [5, 5.41) is 8.39. The zero-order valence-corrected chi connectivity index (χ0v) is 3.46. The summed E-state index contributed by atoms with van der Waals surface area (Å²) < 4.78 is 0. The summed E-state index contributed by atoms with van der Waals surface area (Å²) in [6, 6.07) is 1.49. The molecule has 0 saturated heterocycles. The molecule has 0 aromatic carbocycles. The lowest BCUT2D eigenvalue weighted by molar-refractivity contribution is 1.08. The summed E-state index contributed by atoms with van der Waals surface area (Å²) >= 11 is 0. The van der Waals surface area contributed by atoms with Crippen LogP contribution in [0.1, 0.15) is 0 Å². The van der Waals surface area contributed by atoms with Gasteiger partial charge in [0.05, 0.1) is 6.20 Å². The molecule has 0 aliphatic heterocycles. The Hall–Kier alpha value is -1.19. The zero-order chi connectivity index (χ0) is 5.11. The van der Waals surface area contributed by atoms with Gasteiger partial charge in [-0.3, -0.25) is 5.10 Å². The Morgan fingerprint density at radius 2 is 2.71 bits per heavy atom. The standard InChI is InChI=1S/C3H3N3O/c7-6-3-1-2-4-5-3/h1-2H,(H,4,5). The number of nitrogens with one attached hydrogen (secondary N) is 1. The smallest absolute Gasteiger partial charge is 0.192 e. The second-order valence-corrected chi connectivity index (χ2v) is 1.03. The van der Waals surface area contributed by atoms with E-state index in [4.69, 9.17) is 0 Å². The van der Waals surface area contributed by atoms with Gasteiger partial charge in [-0.15, -0.1) is 4.91 Å². The average molecular weight is 97.1 g/mol. The highest BCUT2D eigenvalue weighted by molar-refractivity contribution is 5.21. The van der Waals surface area contributed by atoms with Crippen molar-refractivity contribution in [2.45, 2.75) is 0 Å². The molecule has 0 spiro atoms. The van der Waals surface area contributed by atoms with Gasteiger partial charge in [0.2, 0.25) is 0 Å². The van der Waals surface area contributed by atoms with Crippen LogP contribution >= 0.6 is 0 Å². The largest absolute Gasteiger partial charge is 0.258 e. The van der Waals surface area contributed by atoms with Gasteiger partial charge < -0.3 is 0 Å². The van der Waals surface area contributed by atoms with Crippen LogP contribution in [-0.4, -0.2) is 10.2 Å². The number of aromatic amines is 1. The Morgan fingerprint density at radius 1 is 1.86 bits per heavy atom. The molecule has 1 N–H and O–H groups in total. The van der Waals surface area contributed by atoms with E-state index in [0.29, 0.717) is 0 Å². The third kappa shape index (κ3) is 0.623. The molecule has 4 nitrogen and oxygen atoms in total. The molecule has 1 rings (SSSR count). The first-order valence-electron chi connectivity index (χ1n) is 1.76. The third-order valence-corrected chi connectivity index (χ3v) is 0.584. The molecule has 0 atom stereocenters. The molecule has 1 aromatic rings. The predicted octanol–water partition coefficient (Wildman–Crippen LogP) is 0.808. The van der Waals surface area contributed by atoms with Gasteiger partial charge in [-0.2, -0.15) is 5.10 Å². The number of aromatic nitrogens is 2. The molecule has 0 aliphatic carbocycles. The minimum absolute atomic E-state index is 0.264. The highest BCUT2D eigenvalue weighted by Gasteiger charge is 1.83. The normalized spacial score (nSPS) is 8.57. The van der Waals surface area contributed by atoms with E-state index in [9.17, 15) is 4.91 Å². The van der Waals surface area contributed by atoms with Crippen LogP contribution in [0.4, 0.5) is 5.82 Å². The molecule has 0 radical (unpaired) electrons. The molecule has 0 amide bonds. The van der Waals surface area contributed by atoms with Crippen molar-refractivity contribution in [1.82, 2.24) is 10.2 Å². The van der Waals surface area contributed by atoms with Gasteiger partial charge in [0.15, 0.2) is 5.82 Å². The molecule has 1 aromatic heterocycles. The lowest BCUT2D eigenvalue weighted by Gasteiger charge is -1.66. The average Bonchev–Trinajstić information content (AvgIpc) is 2.14. The van der Waals surface area contributed by atoms with Crippen LogP contribution in [0.15, 0.2) is 17.4 Å². The summed E-state index contributed by atoms with van der Waals surface area (Å²) in [4.78, 5) is 9.55. The lowest BCUT2D eigenvalue weighted by atomic mass is 10.7. The molecule has 1 heterocycles. The molecule has 7 heavy (non-hydrogen) atoms. The Labute approximate surface area is 39.5 Å². The fourth-order valence-electron chi connectivity index (χ4n) is 0.299. The summed E-state index contributed by atoms with van der Waals surface area (Å²) in [5.74, 6) is 0.264. The van der Waals surface area contributed by atoms with Gasteiger partial charge >= 0.3 is 0 Å². The van der Waals surface area contributed by atoms with E-state index < -0.39 is 0 Å². The first-order chi connectivity index (χ1) is 3.43. The topological polar surface area (TPSA) is 58.1 Å². The SMILES string of the molecule is O=Nc1ccn[nH]1. The number of H-pyrrole nitrogens is 1. The Morgan fingerprint density at radius 3 is 3.00 bits per heavy atom. The van der Waals surface area contributed by atoms with Crippen molar-refractivity contribution in [2.75, 3.05) is 0 Å². The van der Waals surface area contributed by atoms with Crippen molar-refractivity contribution < 1.29 is 0 Å². The van der Waals surface area contributed by atoms with E-state index in [1.807, 2.05) is 0 Å². The van der Waals surface area contributed by atoms with Crippen molar-refractivity contribution in [3.63, 3.8) is 0 Å². The Kier molecular flexibility index (Phi) is 0.856. The number of rotatable bonds is 1. The van der Waals surface area contributed by atoms with Crippen molar-refractivity contribution in [1.29, 1.82) is 0 Å². The lowest BCUT2D eigenvalue weighted by Crippen LogP contribution is -1.59. The zero-order valence-electron chi connectivity index (χ0n) is 3.46. The molecule has 4 heteroatoms. The minimum Gasteiger partial charge on any atom is -0.258 e. The van der Waals surface area contributed by atoms with Gasteiger partial charge in [-0.25, -0.2) is 0 Å². The van der Waals surface area contributed by atoms with Gasteiger partial charge in [0, 0.05) is 6.07 Å². The maximum atomic E-state index is 9.55. The van der Waals surface area contributed by atoms with E-state index in [-0.39, 0.29) is 5.82 Å². The van der Waals surface area contributed by atoms with Crippen LogP contribution in [0.5, 0.6) is 0 Å². The Bertz CT molecular complexity index is 145. The molecule has 0 fully saturated rings. The molecule has 0 aliphatic rings. The van der Waals surface area contributed by atoms with Crippen LogP contribution in [0.2, 0.25) is 0 Å². The molecular weight excluding hydrogens is 94.1 g/mol. The van der Waals surface area contributed by atoms with Crippen LogP contribution in [0.3, 0.4) is 0 Å². The van der Waals surface area contributed by atoms with Crippen molar-refractivity contribution in [2.24, 2.45) is 5.18 Å². The van der Waals surface area contributed by atoms with Crippen LogP contribution in [-0.2, 0) is 0 Å². The molecule has 0 unspecified atom stereocenters. The second kappa shape index (κ2) is 1.51. The fourth-order valence-corrected chi connectivity index (χ4v) is 0.299. The highest BCUT2D eigenvalue weighted by Crippen LogP contribution is 2.00. The molecular formula is C3H3N3O. The van der Waals surface area contributed by atoms with Gasteiger partial charge in [0.25, 0.3) is 0 Å². The maximum Gasteiger partial charge on any atom is 0.192 e. The third-order valence-electron chi connectivity index (χ3n) is 0.584. The molecule has 36 valence electrons. The quantitative estimate of drug-likeness (QED) is 0.527. The van der Waals surface area contributed by atoms with Crippen molar-refractivity contribution in [3.8, 4) is 0 Å². The number of nitrogens with zero attached hydrogens (tertiary/aromatic N) is 2. The van der Waals surface area contributed by atoms with E-state index in [0.717, 1.165) is 0 Å². The number of hydrogen-bond acceptors (Lipinski definition) is 3. The Balaban J connectivity index is 2.96. The van der Waals surface area contributed by atoms with E-state index in [2.05, 4.69) is 15.4 Å². The van der Waals surface area contributed by atoms with E-state index in [1.54, 1.807) is 0 Å². The maximum absolute atomic E-state index is 9.55. The van der Waals surface area contributed by atoms with Crippen LogP contribution < -0.4 is 0 Å². The van der Waals surface area contributed by atoms with Crippen molar-refractivity contribution in [3.05, 3.63) is 17.2 Å². The first-order valence-corrected chi connectivity index (χ1v) is 1.76. The number of nitroso groups, excluding NO2 is 1. The van der Waals surface area contributed by atoms with Gasteiger partial charge in [0.1, 0.15) is 0 Å². The molecule has 0 saturated carbocycles. The van der Waals surface area contributed by atoms with Gasteiger partial charge in [-0.1, -0.05) is 0 Å². The fraction of sp³-hybridized carbons (Fsp3) is 0. The van der Waals surface area contributed by atoms with Gasteiger partial charge in [-0.05, 0) is 5.18 Å². The summed E-state index contributed by atoms with van der Waals surface area (Å²) in [7, 11) is 0. The second-order valence-electron chi connectivity index (χ2n) is 1.03. The predicted molar refractivity (Wildman–Crippen MR) is 24.0 cm³/mol. The number of hydrogen-bond donors (Lipinski definition) is 1. The first kappa shape index (κ1) is 3.98. The monoisotopic (exact) mass is 97.0 g/mol. The van der Waals surface area contributed by atoms with Crippen LogP contribution in [0, 0.1) is 4.91 Å². The minimum atomic E-state index is 0.264. The molecule has 0 bridgehead atoms. The van der Waals surface area contributed by atoms with E-state index in [1.165, 1.54) is 12.3 Å². The van der Waals surface area contributed by atoms with E-state index >= 15 is 0 Å². The summed E-state index contributed by atoms with van der Waals surface area (Å²) in [5.41, 5.74) is 0.